The maximum atomic E-state index is 4.70. The Morgan fingerprint density at radius 1 is 0.767 bits per heavy atom. The molecular formula is C26H21N3S. The van der Waals surface area contributed by atoms with Crippen LogP contribution in [0.1, 0.15) is 17.7 Å². The van der Waals surface area contributed by atoms with Crippen molar-refractivity contribution >= 4 is 22.8 Å². The monoisotopic (exact) mass is 407 g/mol. The lowest BCUT2D eigenvalue weighted by molar-refractivity contribution is 1.03. The van der Waals surface area contributed by atoms with Gasteiger partial charge in [0.05, 0.1) is 5.39 Å². The average molecular weight is 408 g/mol. The summed E-state index contributed by atoms with van der Waals surface area (Å²) in [5.74, 6) is 0. The molecule has 0 fully saturated rings. The molecule has 0 saturated heterocycles. The fourth-order valence-corrected chi connectivity index (χ4v) is 4.76. The van der Waals surface area contributed by atoms with Crippen molar-refractivity contribution in [3.63, 3.8) is 0 Å². The molecule has 0 saturated carbocycles. The lowest BCUT2D eigenvalue weighted by atomic mass is 10.1. The van der Waals surface area contributed by atoms with Gasteiger partial charge in [0.2, 0.25) is 0 Å². The van der Waals surface area contributed by atoms with Gasteiger partial charge in [0.15, 0.2) is 0 Å². The predicted octanol–water partition coefficient (Wildman–Crippen LogP) is 6.94. The lowest BCUT2D eigenvalue weighted by Gasteiger charge is -2.12. The molecule has 0 amide bonds. The van der Waals surface area contributed by atoms with Crippen LogP contribution in [0.4, 0.5) is 0 Å². The predicted molar refractivity (Wildman–Crippen MR) is 125 cm³/mol. The number of thioether (sulfide) groups is 1. The number of benzene rings is 3. The number of fused-ring (bicyclic) bond motifs is 1. The molecule has 1 atom stereocenters. The van der Waals surface area contributed by atoms with Gasteiger partial charge in [-0.05, 0) is 30.2 Å². The molecule has 0 aliphatic carbocycles. The molecule has 0 aliphatic rings. The molecule has 0 spiro atoms. The molecule has 2 aromatic heterocycles. The van der Waals surface area contributed by atoms with Gasteiger partial charge in [-0.1, -0.05) is 90.6 Å². The number of para-hydroxylation sites is 1. The molecule has 0 radical (unpaired) electrons. The molecule has 5 rings (SSSR count). The second-order valence-electron chi connectivity index (χ2n) is 7.16. The van der Waals surface area contributed by atoms with Crippen molar-refractivity contribution in [3.8, 4) is 16.8 Å². The van der Waals surface area contributed by atoms with Crippen molar-refractivity contribution in [1.82, 2.24) is 14.5 Å². The van der Waals surface area contributed by atoms with E-state index >= 15 is 0 Å². The largest absolute Gasteiger partial charge is 0.301 e. The molecule has 2 heterocycles. The van der Waals surface area contributed by atoms with Gasteiger partial charge >= 0.3 is 0 Å². The topological polar surface area (TPSA) is 30.7 Å². The Labute approximate surface area is 180 Å². The second-order valence-corrected chi connectivity index (χ2v) is 8.49. The lowest BCUT2D eigenvalue weighted by Crippen LogP contribution is -1.95. The first-order valence-corrected chi connectivity index (χ1v) is 10.9. The zero-order valence-electron chi connectivity index (χ0n) is 16.6. The Morgan fingerprint density at radius 3 is 2.10 bits per heavy atom. The van der Waals surface area contributed by atoms with Crippen LogP contribution in [0.5, 0.6) is 0 Å². The van der Waals surface area contributed by atoms with Crippen LogP contribution >= 0.6 is 11.8 Å². The van der Waals surface area contributed by atoms with Crippen LogP contribution in [0, 0.1) is 0 Å². The molecule has 5 aromatic rings. The molecule has 3 aromatic carbocycles. The quantitative estimate of drug-likeness (QED) is 0.233. The van der Waals surface area contributed by atoms with Crippen LogP contribution in [-0.2, 0) is 0 Å². The highest BCUT2D eigenvalue weighted by atomic mass is 32.2. The Hall–Kier alpha value is -3.37. The van der Waals surface area contributed by atoms with Crippen molar-refractivity contribution in [2.45, 2.75) is 17.2 Å². The fourth-order valence-electron chi connectivity index (χ4n) is 3.70. The first-order valence-electron chi connectivity index (χ1n) is 10.00. The third-order valence-corrected chi connectivity index (χ3v) is 6.38. The first kappa shape index (κ1) is 18.6. The Morgan fingerprint density at radius 2 is 1.40 bits per heavy atom. The molecule has 0 N–H and O–H groups in total. The highest BCUT2D eigenvalue weighted by Gasteiger charge is 2.19. The molecule has 3 nitrogen and oxygen atoms in total. The Bertz CT molecular complexity index is 1270. The van der Waals surface area contributed by atoms with E-state index in [1.807, 2.05) is 12.1 Å². The van der Waals surface area contributed by atoms with Gasteiger partial charge in [-0.15, -0.1) is 0 Å². The Balaban J connectivity index is 1.69. The smallest absolute Gasteiger partial charge is 0.149 e. The minimum atomic E-state index is 0.285. The summed E-state index contributed by atoms with van der Waals surface area (Å²) in [7, 11) is 0. The van der Waals surface area contributed by atoms with Gasteiger partial charge in [0.25, 0.3) is 0 Å². The summed E-state index contributed by atoms with van der Waals surface area (Å²) in [6, 6.07) is 31.4. The zero-order valence-corrected chi connectivity index (χ0v) is 17.5. The van der Waals surface area contributed by atoms with E-state index < -0.39 is 0 Å². The summed E-state index contributed by atoms with van der Waals surface area (Å²) in [4.78, 5) is 9.39. The van der Waals surface area contributed by atoms with Crippen molar-refractivity contribution < 1.29 is 0 Å². The average Bonchev–Trinajstić information content (AvgIpc) is 3.22. The van der Waals surface area contributed by atoms with Crippen LogP contribution < -0.4 is 0 Å². The molecule has 0 unspecified atom stereocenters. The van der Waals surface area contributed by atoms with Crippen LogP contribution in [0.25, 0.3) is 27.8 Å². The maximum absolute atomic E-state index is 4.70. The van der Waals surface area contributed by atoms with E-state index in [1.165, 1.54) is 11.1 Å². The third-order valence-electron chi connectivity index (χ3n) is 5.22. The van der Waals surface area contributed by atoms with E-state index in [2.05, 4.69) is 102 Å². The number of rotatable bonds is 5. The first-order chi connectivity index (χ1) is 14.8. The van der Waals surface area contributed by atoms with E-state index in [4.69, 9.17) is 4.98 Å². The van der Waals surface area contributed by atoms with Crippen molar-refractivity contribution in [3.05, 3.63) is 109 Å². The fraction of sp³-hybridized carbons (Fsp3) is 0.0769. The van der Waals surface area contributed by atoms with Crippen molar-refractivity contribution in [1.29, 1.82) is 0 Å². The number of hydrogen-bond donors (Lipinski definition) is 0. The highest BCUT2D eigenvalue weighted by molar-refractivity contribution is 7.99. The highest BCUT2D eigenvalue weighted by Crippen LogP contribution is 2.41. The molecule has 4 heteroatoms. The van der Waals surface area contributed by atoms with Crippen molar-refractivity contribution in [2.75, 3.05) is 0 Å². The minimum absolute atomic E-state index is 0.285. The standard InChI is InChI=1S/C26H21N3S/c1-19(20-11-5-2-6-12-20)30-26-24-23(21-13-7-3-8-14-21)17-29(25(24)27-18-28-26)22-15-9-4-10-16-22/h2-19H,1H3/t19-/m0/s1. The van der Waals surface area contributed by atoms with Crippen LogP contribution in [0.15, 0.2) is 109 Å². The van der Waals surface area contributed by atoms with Gasteiger partial charge in [-0.3, -0.25) is 0 Å². The van der Waals surface area contributed by atoms with Crippen LogP contribution in [0.3, 0.4) is 0 Å². The minimum Gasteiger partial charge on any atom is -0.301 e. The van der Waals surface area contributed by atoms with Crippen molar-refractivity contribution in [2.24, 2.45) is 0 Å². The molecular weight excluding hydrogens is 386 g/mol. The van der Waals surface area contributed by atoms with Gasteiger partial charge in [-0.2, -0.15) is 0 Å². The summed E-state index contributed by atoms with van der Waals surface area (Å²) >= 11 is 1.78. The molecule has 30 heavy (non-hydrogen) atoms. The Kier molecular flexibility index (Phi) is 5.08. The second kappa shape index (κ2) is 8.17. The van der Waals surface area contributed by atoms with E-state index in [-0.39, 0.29) is 5.25 Å². The zero-order chi connectivity index (χ0) is 20.3. The summed E-state index contributed by atoms with van der Waals surface area (Å²) in [6.07, 6.45) is 3.86. The maximum Gasteiger partial charge on any atom is 0.149 e. The molecule has 146 valence electrons. The molecule has 0 bridgehead atoms. The van der Waals surface area contributed by atoms with Gasteiger partial charge in [-0.25, -0.2) is 9.97 Å². The van der Waals surface area contributed by atoms with E-state index in [1.54, 1.807) is 18.1 Å². The van der Waals surface area contributed by atoms with E-state index in [0.717, 1.165) is 27.3 Å². The summed E-state index contributed by atoms with van der Waals surface area (Å²) in [5.41, 5.74) is 5.63. The van der Waals surface area contributed by atoms with E-state index in [9.17, 15) is 0 Å². The summed E-state index contributed by atoms with van der Waals surface area (Å²) in [6.45, 7) is 2.23. The van der Waals surface area contributed by atoms with Gasteiger partial charge < -0.3 is 4.57 Å². The van der Waals surface area contributed by atoms with Crippen LogP contribution in [0.2, 0.25) is 0 Å². The SMILES string of the molecule is C[C@H](Sc1ncnc2c1c(-c1ccccc1)cn2-c1ccccc1)c1ccccc1. The summed E-state index contributed by atoms with van der Waals surface area (Å²) < 4.78 is 2.16. The number of hydrogen-bond acceptors (Lipinski definition) is 3. The summed E-state index contributed by atoms with van der Waals surface area (Å²) in [5, 5.41) is 2.39. The number of nitrogens with zero attached hydrogens (tertiary/aromatic N) is 3. The van der Waals surface area contributed by atoms with Gasteiger partial charge in [0.1, 0.15) is 17.0 Å². The molecule has 0 aliphatic heterocycles. The normalized spacial score (nSPS) is 12.2. The van der Waals surface area contributed by atoms with Crippen LogP contribution in [-0.4, -0.2) is 14.5 Å². The van der Waals surface area contributed by atoms with E-state index in [0.29, 0.717) is 0 Å². The number of aromatic nitrogens is 3. The van der Waals surface area contributed by atoms with Gasteiger partial charge in [0, 0.05) is 22.7 Å². The third kappa shape index (κ3) is 3.51.